The van der Waals surface area contributed by atoms with Crippen LogP contribution in [0.4, 0.5) is 5.69 Å². The first-order valence-corrected chi connectivity index (χ1v) is 9.78. The molecule has 1 fully saturated rings. The number of aromatic amines is 1. The number of aliphatic hydroxyl groups excluding tert-OH is 1. The summed E-state index contributed by atoms with van der Waals surface area (Å²) in [6.45, 7) is 7.36. The number of aryl methyl sites for hydroxylation is 1. The Hall–Kier alpha value is -2.97. The number of carbonyl (C=O) groups excluding carboxylic acids is 2. The molecule has 0 bridgehead atoms. The topological polar surface area (TPSA) is 102 Å². The molecule has 2 aliphatic rings. The Bertz CT molecular complexity index is 986. The molecule has 8 heteroatoms. The van der Waals surface area contributed by atoms with Crippen LogP contribution in [0, 0.1) is 13.8 Å². The Morgan fingerprint density at radius 2 is 2.03 bits per heavy atom. The van der Waals surface area contributed by atoms with Crippen molar-refractivity contribution in [3.63, 3.8) is 0 Å². The molecule has 3 N–H and O–H groups in total. The number of aliphatic hydroxyl groups is 1. The second-order valence-electron chi connectivity index (χ2n) is 7.45. The van der Waals surface area contributed by atoms with Crippen LogP contribution in [-0.2, 0) is 4.79 Å². The molecule has 4 heterocycles. The highest BCUT2D eigenvalue weighted by molar-refractivity contribution is 6.34. The highest BCUT2D eigenvalue weighted by Gasteiger charge is 2.28. The Morgan fingerprint density at radius 3 is 2.76 bits per heavy atom. The zero-order chi connectivity index (χ0) is 20.5. The molecule has 0 atom stereocenters. The van der Waals surface area contributed by atoms with Crippen molar-refractivity contribution < 1.29 is 14.7 Å². The molecule has 0 saturated carbocycles. The van der Waals surface area contributed by atoms with Crippen LogP contribution in [0.25, 0.3) is 11.6 Å². The van der Waals surface area contributed by atoms with Gasteiger partial charge in [-0.1, -0.05) is 0 Å². The number of anilines is 1. The van der Waals surface area contributed by atoms with Crippen molar-refractivity contribution in [3.8, 4) is 0 Å². The minimum atomic E-state index is -0.174. The summed E-state index contributed by atoms with van der Waals surface area (Å²) in [6, 6.07) is 1.77. The van der Waals surface area contributed by atoms with Crippen molar-refractivity contribution in [2.45, 2.75) is 13.8 Å². The third-order valence-electron chi connectivity index (χ3n) is 5.66. The molecular weight excluding hydrogens is 370 g/mol. The van der Waals surface area contributed by atoms with Gasteiger partial charge in [-0.3, -0.25) is 19.5 Å². The van der Waals surface area contributed by atoms with Crippen molar-refractivity contribution in [1.29, 1.82) is 0 Å². The molecule has 0 aliphatic carbocycles. The van der Waals surface area contributed by atoms with Gasteiger partial charge in [0, 0.05) is 62.1 Å². The van der Waals surface area contributed by atoms with Gasteiger partial charge in [0.25, 0.3) is 11.8 Å². The van der Waals surface area contributed by atoms with Crippen LogP contribution in [0.15, 0.2) is 18.5 Å². The first-order chi connectivity index (χ1) is 14.0. The number of hydrogen-bond acceptors (Lipinski definition) is 5. The van der Waals surface area contributed by atoms with Crippen molar-refractivity contribution >= 4 is 29.2 Å². The summed E-state index contributed by atoms with van der Waals surface area (Å²) in [7, 11) is 0. The second kappa shape index (κ2) is 7.81. The molecule has 0 unspecified atom stereocenters. The molecule has 0 radical (unpaired) electrons. The van der Waals surface area contributed by atoms with Crippen LogP contribution in [0.5, 0.6) is 0 Å². The van der Waals surface area contributed by atoms with Crippen LogP contribution in [0.3, 0.4) is 0 Å². The summed E-state index contributed by atoms with van der Waals surface area (Å²) in [6.07, 6.45) is 5.10. The Balaban J connectivity index is 1.59. The molecule has 29 heavy (non-hydrogen) atoms. The fourth-order valence-corrected chi connectivity index (χ4v) is 4.03. The number of amides is 2. The monoisotopic (exact) mass is 395 g/mol. The van der Waals surface area contributed by atoms with E-state index >= 15 is 0 Å². The summed E-state index contributed by atoms with van der Waals surface area (Å²) in [5, 5.41) is 11.9. The number of carbonyl (C=O) groups is 2. The molecule has 2 aromatic heterocycles. The first kappa shape index (κ1) is 19.4. The largest absolute Gasteiger partial charge is 0.395 e. The maximum absolute atomic E-state index is 13.1. The van der Waals surface area contributed by atoms with Gasteiger partial charge in [0.2, 0.25) is 0 Å². The number of H-pyrrole nitrogens is 1. The van der Waals surface area contributed by atoms with Crippen molar-refractivity contribution in [1.82, 2.24) is 19.8 Å². The molecule has 2 aromatic rings. The number of piperazine rings is 1. The summed E-state index contributed by atoms with van der Waals surface area (Å²) in [5.41, 5.74) is 5.09. The van der Waals surface area contributed by atoms with Gasteiger partial charge in [0.05, 0.1) is 23.4 Å². The van der Waals surface area contributed by atoms with E-state index in [4.69, 9.17) is 5.11 Å². The number of β-amino-alcohol motifs (C(OH)–C–C–N with tert-alkyl or cyclic N) is 1. The molecular formula is C21H25N5O3. The van der Waals surface area contributed by atoms with Crippen LogP contribution in [-0.4, -0.2) is 76.0 Å². The van der Waals surface area contributed by atoms with E-state index in [9.17, 15) is 9.59 Å². The third kappa shape index (κ3) is 3.56. The van der Waals surface area contributed by atoms with Gasteiger partial charge >= 0.3 is 0 Å². The molecule has 8 nitrogen and oxygen atoms in total. The summed E-state index contributed by atoms with van der Waals surface area (Å²) in [5.74, 6) is -0.171. The first-order valence-electron chi connectivity index (χ1n) is 9.78. The smallest absolute Gasteiger partial charge is 0.256 e. The van der Waals surface area contributed by atoms with E-state index in [-0.39, 0.29) is 18.4 Å². The van der Waals surface area contributed by atoms with Gasteiger partial charge in [-0.15, -0.1) is 0 Å². The second-order valence-corrected chi connectivity index (χ2v) is 7.45. The summed E-state index contributed by atoms with van der Waals surface area (Å²) < 4.78 is 0. The van der Waals surface area contributed by atoms with Gasteiger partial charge in [-0.2, -0.15) is 0 Å². The predicted octanol–water partition coefficient (Wildman–Crippen LogP) is 1.27. The fourth-order valence-electron chi connectivity index (χ4n) is 4.03. The molecule has 152 valence electrons. The van der Waals surface area contributed by atoms with Gasteiger partial charge in [-0.25, -0.2) is 0 Å². The van der Waals surface area contributed by atoms with E-state index in [0.717, 1.165) is 41.3 Å². The minimum Gasteiger partial charge on any atom is -0.395 e. The number of nitrogens with one attached hydrogen (secondary N) is 2. The minimum absolute atomic E-state index is 0.00230. The lowest BCUT2D eigenvalue weighted by Crippen LogP contribution is -2.49. The fraction of sp³-hybridized carbons (Fsp3) is 0.381. The number of fused-ring (bicyclic) bond motifs is 1. The van der Waals surface area contributed by atoms with E-state index in [1.165, 1.54) is 0 Å². The number of hydrogen-bond donors (Lipinski definition) is 3. The van der Waals surface area contributed by atoms with E-state index in [1.807, 2.05) is 18.7 Å². The predicted molar refractivity (Wildman–Crippen MR) is 110 cm³/mol. The lowest BCUT2D eigenvalue weighted by Gasteiger charge is -2.34. The number of pyridine rings is 1. The van der Waals surface area contributed by atoms with Crippen molar-refractivity contribution in [2.24, 2.45) is 0 Å². The molecule has 0 spiro atoms. The number of aromatic nitrogens is 2. The van der Waals surface area contributed by atoms with Gasteiger partial charge in [0.15, 0.2) is 0 Å². The van der Waals surface area contributed by atoms with Gasteiger partial charge in [-0.05, 0) is 31.6 Å². The maximum atomic E-state index is 13.1. The highest BCUT2D eigenvalue weighted by atomic mass is 16.3. The van der Waals surface area contributed by atoms with Crippen molar-refractivity contribution in [2.75, 3.05) is 44.6 Å². The van der Waals surface area contributed by atoms with E-state index in [2.05, 4.69) is 20.2 Å². The van der Waals surface area contributed by atoms with Crippen LogP contribution in [0.1, 0.15) is 32.9 Å². The molecule has 2 aliphatic heterocycles. The standard InChI is InChI=1S/C21H25N5O3/c1-13-18(11-15-16-12-22-4-3-17(16)24-20(15)28)23-14(2)19(13)21(29)26-7-5-25(6-8-26)9-10-27/h3-4,11-12,23,27H,5-10H2,1-2H3,(H,24,28)/b15-11-. The van der Waals surface area contributed by atoms with E-state index < -0.39 is 0 Å². The Morgan fingerprint density at radius 1 is 1.28 bits per heavy atom. The molecule has 4 rings (SSSR count). The quantitative estimate of drug-likeness (QED) is 0.677. The lowest BCUT2D eigenvalue weighted by atomic mass is 10.0. The van der Waals surface area contributed by atoms with Crippen LogP contribution < -0.4 is 5.32 Å². The van der Waals surface area contributed by atoms with E-state index in [0.29, 0.717) is 30.8 Å². The third-order valence-corrected chi connectivity index (χ3v) is 5.66. The SMILES string of the molecule is Cc1[nH]c(/C=C2\C(=O)Nc3ccncc32)c(C)c1C(=O)N1CCN(CCO)CC1. The molecule has 1 saturated heterocycles. The van der Waals surface area contributed by atoms with Gasteiger partial charge < -0.3 is 20.3 Å². The highest BCUT2D eigenvalue weighted by Crippen LogP contribution is 2.33. The van der Waals surface area contributed by atoms with Gasteiger partial charge in [0.1, 0.15) is 0 Å². The average Bonchev–Trinajstić information content (AvgIpc) is 3.18. The zero-order valence-corrected chi connectivity index (χ0v) is 16.7. The summed E-state index contributed by atoms with van der Waals surface area (Å²) >= 11 is 0. The maximum Gasteiger partial charge on any atom is 0.256 e. The molecule has 2 amide bonds. The Labute approximate surface area is 169 Å². The summed E-state index contributed by atoms with van der Waals surface area (Å²) in [4.78, 5) is 36.9. The number of rotatable bonds is 4. The van der Waals surface area contributed by atoms with E-state index in [1.54, 1.807) is 24.5 Å². The normalized spacial score (nSPS) is 18.2. The Kier molecular flexibility index (Phi) is 5.21. The zero-order valence-electron chi connectivity index (χ0n) is 16.7. The number of nitrogens with zero attached hydrogens (tertiary/aromatic N) is 3. The lowest BCUT2D eigenvalue weighted by molar-refractivity contribution is -0.110. The van der Waals surface area contributed by atoms with Crippen LogP contribution in [0.2, 0.25) is 0 Å². The van der Waals surface area contributed by atoms with Crippen molar-refractivity contribution in [3.05, 3.63) is 46.5 Å². The molecule has 0 aromatic carbocycles. The van der Waals surface area contributed by atoms with Crippen LogP contribution >= 0.6 is 0 Å². The average molecular weight is 395 g/mol.